The van der Waals surface area contributed by atoms with E-state index in [1.165, 1.54) is 0 Å². The van der Waals surface area contributed by atoms with Gasteiger partial charge in [0.15, 0.2) is 0 Å². The molecule has 1 aromatic rings. The summed E-state index contributed by atoms with van der Waals surface area (Å²) in [5, 5.41) is 2.62. The molecule has 0 saturated carbocycles. The fourth-order valence-electron chi connectivity index (χ4n) is 1.12. The third-order valence-electron chi connectivity index (χ3n) is 2.41. The minimum absolute atomic E-state index is 0.0673. The molecule has 0 radical (unpaired) electrons. The number of aromatic nitrogens is 1. The molecule has 3 N–H and O–H groups in total. The van der Waals surface area contributed by atoms with E-state index in [2.05, 4.69) is 10.3 Å². The monoisotopic (exact) mass is 255 g/mol. The lowest BCUT2D eigenvalue weighted by atomic mass is 10.2. The number of carbonyl (C=O) groups excluding carboxylic acids is 1. The number of amides is 1. The number of pyridine rings is 1. The van der Waals surface area contributed by atoms with Crippen LogP contribution in [0.1, 0.15) is 23.0 Å². The summed E-state index contributed by atoms with van der Waals surface area (Å²) in [7, 11) is -0.940. The van der Waals surface area contributed by atoms with Crippen LogP contribution >= 0.6 is 0 Å². The molecule has 0 aliphatic heterocycles. The Morgan fingerprint density at radius 1 is 1.59 bits per heavy atom. The Balaban J connectivity index is 2.55. The van der Waals surface area contributed by atoms with Crippen molar-refractivity contribution in [1.82, 2.24) is 10.3 Å². The van der Waals surface area contributed by atoms with Crippen LogP contribution in [0.3, 0.4) is 0 Å². The molecule has 0 saturated heterocycles. The number of nitrogens with zero attached hydrogens (tertiary/aromatic N) is 1. The Hall–Kier alpha value is -1.27. The zero-order chi connectivity index (χ0) is 12.8. The first-order valence-corrected chi connectivity index (χ1v) is 6.92. The van der Waals surface area contributed by atoms with Crippen molar-refractivity contribution < 1.29 is 9.00 Å². The molecule has 1 amide bonds. The predicted molar refractivity (Wildman–Crippen MR) is 68.0 cm³/mol. The summed E-state index contributed by atoms with van der Waals surface area (Å²) in [6, 6.07) is 3.40. The molecule has 5 nitrogen and oxygen atoms in total. The van der Waals surface area contributed by atoms with Gasteiger partial charge < -0.3 is 11.1 Å². The minimum atomic E-state index is -0.940. The number of carbonyl (C=O) groups is 1. The fourth-order valence-corrected chi connectivity index (χ4v) is 1.44. The lowest BCUT2D eigenvalue weighted by Crippen LogP contribution is -2.33. The summed E-state index contributed by atoms with van der Waals surface area (Å²) < 4.78 is 11.1. The largest absolute Gasteiger partial charge is 0.350 e. The summed E-state index contributed by atoms with van der Waals surface area (Å²) in [6.45, 7) is 2.60. The van der Waals surface area contributed by atoms with Gasteiger partial charge in [0.1, 0.15) is 5.69 Å². The van der Waals surface area contributed by atoms with Crippen LogP contribution in [0.5, 0.6) is 0 Å². The highest BCUT2D eigenvalue weighted by Gasteiger charge is 2.10. The van der Waals surface area contributed by atoms with E-state index in [1.807, 2.05) is 6.92 Å². The highest BCUT2D eigenvalue weighted by atomic mass is 32.2. The summed E-state index contributed by atoms with van der Waals surface area (Å²) in [4.78, 5) is 15.7. The number of hydrogen-bond acceptors (Lipinski definition) is 4. The Bertz CT molecular complexity index is 406. The summed E-state index contributed by atoms with van der Waals surface area (Å²) >= 11 is 0. The van der Waals surface area contributed by atoms with Gasteiger partial charge in [0.2, 0.25) is 0 Å². The van der Waals surface area contributed by atoms with Crippen LogP contribution in [0.2, 0.25) is 0 Å². The van der Waals surface area contributed by atoms with Gasteiger partial charge in [-0.15, -0.1) is 0 Å². The Labute approximate surface area is 103 Å². The van der Waals surface area contributed by atoms with Gasteiger partial charge >= 0.3 is 0 Å². The first-order chi connectivity index (χ1) is 8.04. The van der Waals surface area contributed by atoms with Crippen molar-refractivity contribution in [2.45, 2.75) is 18.7 Å². The van der Waals surface area contributed by atoms with Crippen LogP contribution in [0, 0.1) is 0 Å². The lowest BCUT2D eigenvalue weighted by molar-refractivity contribution is 0.0949. The molecule has 2 atom stereocenters. The molecule has 6 heteroatoms. The van der Waals surface area contributed by atoms with Gasteiger partial charge in [-0.2, -0.15) is 0 Å². The fraction of sp³-hybridized carbons (Fsp3) is 0.455. The van der Waals surface area contributed by atoms with Crippen LogP contribution in [0.25, 0.3) is 0 Å². The Morgan fingerprint density at radius 2 is 2.29 bits per heavy atom. The standard InChI is InChI=1S/C11H17N3O2S/c1-8(17(2)16)6-14-11(15)10-4-3-9(5-12)7-13-10/h3-4,7-8H,5-6,12H2,1-2H3,(H,14,15). The van der Waals surface area contributed by atoms with E-state index in [9.17, 15) is 9.00 Å². The van der Waals surface area contributed by atoms with Gasteiger partial charge in [-0.05, 0) is 18.6 Å². The molecular formula is C11H17N3O2S. The zero-order valence-electron chi connectivity index (χ0n) is 9.97. The van der Waals surface area contributed by atoms with Crippen LogP contribution < -0.4 is 11.1 Å². The van der Waals surface area contributed by atoms with Gasteiger partial charge in [0, 0.05) is 41.6 Å². The average Bonchev–Trinajstić information content (AvgIpc) is 2.35. The van der Waals surface area contributed by atoms with Gasteiger partial charge in [-0.3, -0.25) is 14.0 Å². The molecule has 1 aromatic heterocycles. The highest BCUT2D eigenvalue weighted by molar-refractivity contribution is 7.84. The number of hydrogen-bond donors (Lipinski definition) is 2. The van der Waals surface area contributed by atoms with E-state index < -0.39 is 10.8 Å². The average molecular weight is 255 g/mol. The highest BCUT2D eigenvalue weighted by Crippen LogP contribution is 1.99. The van der Waals surface area contributed by atoms with Crippen LogP contribution in [0.15, 0.2) is 18.3 Å². The normalized spacial score (nSPS) is 14.1. The van der Waals surface area contributed by atoms with E-state index in [1.54, 1.807) is 24.6 Å². The molecule has 2 unspecified atom stereocenters. The van der Waals surface area contributed by atoms with Crippen molar-refractivity contribution in [3.8, 4) is 0 Å². The van der Waals surface area contributed by atoms with Gasteiger partial charge in [-0.25, -0.2) is 0 Å². The van der Waals surface area contributed by atoms with Crippen molar-refractivity contribution in [3.05, 3.63) is 29.6 Å². The van der Waals surface area contributed by atoms with Crippen LogP contribution in [-0.4, -0.2) is 33.2 Å². The number of rotatable bonds is 5. The Kier molecular flexibility index (Phi) is 5.24. The van der Waals surface area contributed by atoms with Crippen LogP contribution in [-0.2, 0) is 17.3 Å². The molecule has 0 aliphatic rings. The molecule has 17 heavy (non-hydrogen) atoms. The second-order valence-corrected chi connectivity index (χ2v) is 5.58. The second kappa shape index (κ2) is 6.46. The predicted octanol–water partition coefficient (Wildman–Crippen LogP) is 0.0371. The van der Waals surface area contributed by atoms with Crippen LogP contribution in [0.4, 0.5) is 0 Å². The van der Waals surface area contributed by atoms with Gasteiger partial charge in [-0.1, -0.05) is 6.07 Å². The first-order valence-electron chi connectivity index (χ1n) is 5.30. The quantitative estimate of drug-likeness (QED) is 0.778. The van der Waals surface area contributed by atoms with Gasteiger partial charge in [0.25, 0.3) is 5.91 Å². The topological polar surface area (TPSA) is 85.1 Å². The minimum Gasteiger partial charge on any atom is -0.350 e. The van der Waals surface area contributed by atoms with E-state index in [4.69, 9.17) is 5.73 Å². The number of nitrogens with one attached hydrogen (secondary N) is 1. The molecule has 0 aliphatic carbocycles. The smallest absolute Gasteiger partial charge is 0.269 e. The number of nitrogens with two attached hydrogens (primary N) is 1. The lowest BCUT2D eigenvalue weighted by Gasteiger charge is -2.09. The van der Waals surface area contributed by atoms with Crippen molar-refractivity contribution in [2.24, 2.45) is 5.73 Å². The molecule has 0 spiro atoms. The molecule has 0 fully saturated rings. The van der Waals surface area contributed by atoms with Crippen molar-refractivity contribution in [1.29, 1.82) is 0 Å². The summed E-state index contributed by atoms with van der Waals surface area (Å²) in [6.07, 6.45) is 3.20. The van der Waals surface area contributed by atoms with E-state index in [0.29, 0.717) is 18.8 Å². The third kappa shape index (κ3) is 4.24. The van der Waals surface area contributed by atoms with E-state index in [-0.39, 0.29) is 11.2 Å². The molecule has 0 bridgehead atoms. The molecule has 1 rings (SSSR count). The first kappa shape index (κ1) is 13.8. The summed E-state index contributed by atoms with van der Waals surface area (Å²) in [5.74, 6) is -0.258. The molecule has 1 heterocycles. The second-order valence-electron chi connectivity index (χ2n) is 3.78. The molecule has 94 valence electrons. The van der Waals surface area contributed by atoms with Crippen molar-refractivity contribution >= 4 is 16.7 Å². The Morgan fingerprint density at radius 3 is 2.76 bits per heavy atom. The molecule has 0 aromatic carbocycles. The van der Waals surface area contributed by atoms with Crippen molar-refractivity contribution in [3.63, 3.8) is 0 Å². The molecular weight excluding hydrogens is 238 g/mol. The third-order valence-corrected chi connectivity index (χ3v) is 3.71. The van der Waals surface area contributed by atoms with E-state index >= 15 is 0 Å². The maximum atomic E-state index is 11.7. The van der Waals surface area contributed by atoms with E-state index in [0.717, 1.165) is 5.56 Å². The zero-order valence-corrected chi connectivity index (χ0v) is 10.8. The van der Waals surface area contributed by atoms with Crippen molar-refractivity contribution in [2.75, 3.05) is 12.8 Å². The SMILES string of the molecule is CC(CNC(=O)c1ccc(CN)cn1)S(C)=O. The maximum Gasteiger partial charge on any atom is 0.269 e. The maximum absolute atomic E-state index is 11.7. The summed E-state index contributed by atoms with van der Waals surface area (Å²) in [5.41, 5.74) is 6.66. The van der Waals surface area contributed by atoms with Gasteiger partial charge in [0.05, 0.1) is 0 Å².